The van der Waals surface area contributed by atoms with Crippen LogP contribution in [0.1, 0.15) is 37.7 Å². The van der Waals surface area contributed by atoms with Crippen molar-refractivity contribution in [3.63, 3.8) is 0 Å². The molecule has 1 aromatic rings. The molecule has 0 saturated carbocycles. The summed E-state index contributed by atoms with van der Waals surface area (Å²) in [6.07, 6.45) is 1.98. The lowest BCUT2D eigenvalue weighted by molar-refractivity contribution is 0.233. The Bertz CT molecular complexity index is 347. The van der Waals surface area contributed by atoms with Gasteiger partial charge in [0.05, 0.1) is 5.69 Å². The third-order valence-electron chi connectivity index (χ3n) is 3.13. The second kappa shape index (κ2) is 6.77. The molecule has 0 spiro atoms. The highest BCUT2D eigenvalue weighted by atomic mass is 16.3. The van der Waals surface area contributed by atoms with Crippen molar-refractivity contribution in [1.82, 2.24) is 15.1 Å². The van der Waals surface area contributed by atoms with Gasteiger partial charge in [-0.05, 0) is 18.8 Å². The third-order valence-corrected chi connectivity index (χ3v) is 3.13. The van der Waals surface area contributed by atoms with E-state index in [2.05, 4.69) is 24.3 Å². The van der Waals surface area contributed by atoms with Crippen molar-refractivity contribution < 1.29 is 5.11 Å². The Kier molecular flexibility index (Phi) is 5.65. The molecule has 0 radical (unpaired) electrons. The first-order valence-electron chi connectivity index (χ1n) is 6.49. The van der Waals surface area contributed by atoms with E-state index < -0.39 is 0 Å². The normalized spacial score (nSPS) is 13.0. The fraction of sp³-hybridized carbons (Fsp3) is 0.769. The predicted octanol–water partition coefficient (Wildman–Crippen LogP) is 1.26. The summed E-state index contributed by atoms with van der Waals surface area (Å²) in [6, 6.07) is 0. The second-order valence-electron chi connectivity index (χ2n) is 4.62. The van der Waals surface area contributed by atoms with E-state index in [1.165, 1.54) is 17.0 Å². The fourth-order valence-electron chi connectivity index (χ4n) is 2.10. The standard InChI is InChI=1S/C13H25N3O/c1-5-12-11(8-14-7-10(3)9-17)13(6-2)16(4)15-12/h10,14,17H,5-9H2,1-4H3. The molecule has 1 atom stereocenters. The minimum Gasteiger partial charge on any atom is -0.396 e. The molecule has 0 fully saturated rings. The summed E-state index contributed by atoms with van der Waals surface area (Å²) < 4.78 is 1.99. The molecule has 0 aliphatic rings. The Labute approximate surface area is 104 Å². The summed E-state index contributed by atoms with van der Waals surface area (Å²) in [5.74, 6) is 0.307. The van der Waals surface area contributed by atoms with E-state index in [0.717, 1.165) is 25.9 Å². The minimum atomic E-state index is 0.237. The first-order valence-corrected chi connectivity index (χ1v) is 6.49. The van der Waals surface area contributed by atoms with Crippen molar-refractivity contribution in [2.75, 3.05) is 13.2 Å². The van der Waals surface area contributed by atoms with Gasteiger partial charge >= 0.3 is 0 Å². The monoisotopic (exact) mass is 239 g/mol. The molecule has 1 aromatic heterocycles. The van der Waals surface area contributed by atoms with E-state index in [4.69, 9.17) is 5.11 Å². The number of rotatable bonds is 7. The first-order chi connectivity index (χ1) is 8.13. The number of aliphatic hydroxyl groups is 1. The number of nitrogens with one attached hydrogen (secondary N) is 1. The molecule has 98 valence electrons. The molecule has 0 amide bonds. The van der Waals surface area contributed by atoms with Gasteiger partial charge in [-0.25, -0.2) is 0 Å². The van der Waals surface area contributed by atoms with Crippen LogP contribution in [0.4, 0.5) is 0 Å². The van der Waals surface area contributed by atoms with E-state index in [9.17, 15) is 0 Å². The van der Waals surface area contributed by atoms with Gasteiger partial charge in [-0.2, -0.15) is 5.10 Å². The molecule has 0 saturated heterocycles. The van der Waals surface area contributed by atoms with Crippen molar-refractivity contribution in [1.29, 1.82) is 0 Å². The molecule has 1 unspecified atom stereocenters. The maximum atomic E-state index is 8.98. The van der Waals surface area contributed by atoms with Crippen LogP contribution in [0.5, 0.6) is 0 Å². The van der Waals surface area contributed by atoms with E-state index in [-0.39, 0.29) is 6.61 Å². The zero-order valence-electron chi connectivity index (χ0n) is 11.5. The second-order valence-corrected chi connectivity index (χ2v) is 4.62. The van der Waals surface area contributed by atoms with Crippen molar-refractivity contribution in [3.8, 4) is 0 Å². The van der Waals surface area contributed by atoms with Gasteiger partial charge in [0.15, 0.2) is 0 Å². The molecule has 4 heteroatoms. The molecule has 0 aliphatic carbocycles. The lowest BCUT2D eigenvalue weighted by atomic mass is 10.1. The SMILES string of the molecule is CCc1nn(C)c(CC)c1CNCC(C)CO. The number of aryl methyl sites for hydroxylation is 2. The summed E-state index contributed by atoms with van der Waals surface area (Å²) in [7, 11) is 2.01. The number of aromatic nitrogens is 2. The van der Waals surface area contributed by atoms with E-state index in [1.54, 1.807) is 0 Å². The van der Waals surface area contributed by atoms with Crippen LogP contribution in [0.2, 0.25) is 0 Å². The van der Waals surface area contributed by atoms with E-state index in [1.807, 2.05) is 18.7 Å². The van der Waals surface area contributed by atoms with Gasteiger partial charge in [-0.1, -0.05) is 20.8 Å². The van der Waals surface area contributed by atoms with Gasteiger partial charge in [0.25, 0.3) is 0 Å². The first kappa shape index (κ1) is 14.2. The summed E-state index contributed by atoms with van der Waals surface area (Å²) in [5, 5.41) is 16.9. The summed E-state index contributed by atoms with van der Waals surface area (Å²) in [6.45, 7) is 8.28. The van der Waals surface area contributed by atoms with Gasteiger partial charge in [-0.3, -0.25) is 4.68 Å². The number of hydrogen-bond acceptors (Lipinski definition) is 3. The van der Waals surface area contributed by atoms with Crippen molar-refractivity contribution in [2.45, 2.75) is 40.2 Å². The Morgan fingerprint density at radius 3 is 2.59 bits per heavy atom. The Morgan fingerprint density at radius 1 is 1.35 bits per heavy atom. The van der Waals surface area contributed by atoms with Gasteiger partial charge < -0.3 is 10.4 Å². The minimum absolute atomic E-state index is 0.237. The van der Waals surface area contributed by atoms with Crippen LogP contribution in [-0.2, 0) is 26.4 Å². The summed E-state index contributed by atoms with van der Waals surface area (Å²) >= 11 is 0. The average Bonchev–Trinajstić information content (AvgIpc) is 2.64. The molecule has 4 nitrogen and oxygen atoms in total. The molecule has 0 aromatic carbocycles. The van der Waals surface area contributed by atoms with Crippen LogP contribution in [0.25, 0.3) is 0 Å². The molecule has 1 rings (SSSR count). The molecule has 2 N–H and O–H groups in total. The fourth-order valence-corrected chi connectivity index (χ4v) is 2.10. The Balaban J connectivity index is 2.68. The molecule has 0 bridgehead atoms. The molecule has 1 heterocycles. The number of nitrogens with zero attached hydrogens (tertiary/aromatic N) is 2. The van der Waals surface area contributed by atoms with E-state index in [0.29, 0.717) is 5.92 Å². The van der Waals surface area contributed by atoms with Gasteiger partial charge in [-0.15, -0.1) is 0 Å². The lowest BCUT2D eigenvalue weighted by Gasteiger charge is -2.10. The Hall–Kier alpha value is -0.870. The van der Waals surface area contributed by atoms with Crippen molar-refractivity contribution in [2.24, 2.45) is 13.0 Å². The quantitative estimate of drug-likeness (QED) is 0.753. The number of hydrogen-bond donors (Lipinski definition) is 2. The lowest BCUT2D eigenvalue weighted by Crippen LogP contribution is -2.23. The van der Waals surface area contributed by atoms with Crippen LogP contribution in [0, 0.1) is 5.92 Å². The third kappa shape index (κ3) is 3.54. The maximum Gasteiger partial charge on any atom is 0.0669 e. The highest BCUT2D eigenvalue weighted by Gasteiger charge is 2.13. The molecule has 17 heavy (non-hydrogen) atoms. The van der Waals surface area contributed by atoms with Crippen LogP contribution in [-0.4, -0.2) is 28.0 Å². The summed E-state index contributed by atoms with van der Waals surface area (Å²) in [4.78, 5) is 0. The topological polar surface area (TPSA) is 50.1 Å². The van der Waals surface area contributed by atoms with Crippen molar-refractivity contribution in [3.05, 3.63) is 17.0 Å². The van der Waals surface area contributed by atoms with Crippen LogP contribution in [0.3, 0.4) is 0 Å². The van der Waals surface area contributed by atoms with Gasteiger partial charge in [0, 0.05) is 38.0 Å². The average molecular weight is 239 g/mol. The number of aliphatic hydroxyl groups excluding tert-OH is 1. The zero-order chi connectivity index (χ0) is 12.8. The molecular weight excluding hydrogens is 214 g/mol. The highest BCUT2D eigenvalue weighted by molar-refractivity contribution is 5.26. The van der Waals surface area contributed by atoms with Gasteiger partial charge in [0.2, 0.25) is 0 Å². The van der Waals surface area contributed by atoms with Crippen molar-refractivity contribution >= 4 is 0 Å². The summed E-state index contributed by atoms with van der Waals surface area (Å²) in [5.41, 5.74) is 3.84. The highest BCUT2D eigenvalue weighted by Crippen LogP contribution is 2.15. The van der Waals surface area contributed by atoms with Crippen LogP contribution < -0.4 is 5.32 Å². The predicted molar refractivity (Wildman–Crippen MR) is 69.9 cm³/mol. The zero-order valence-corrected chi connectivity index (χ0v) is 11.5. The van der Waals surface area contributed by atoms with Crippen LogP contribution in [0.15, 0.2) is 0 Å². The smallest absolute Gasteiger partial charge is 0.0669 e. The molecular formula is C13H25N3O. The van der Waals surface area contributed by atoms with Gasteiger partial charge in [0.1, 0.15) is 0 Å². The maximum absolute atomic E-state index is 8.98. The Morgan fingerprint density at radius 2 is 2.06 bits per heavy atom. The van der Waals surface area contributed by atoms with E-state index >= 15 is 0 Å². The van der Waals surface area contributed by atoms with Crippen LogP contribution >= 0.6 is 0 Å². The molecule has 0 aliphatic heterocycles. The largest absolute Gasteiger partial charge is 0.396 e.